The number of aryl methyl sites for hydroxylation is 1. The number of hydrogen-bond acceptors (Lipinski definition) is 4. The lowest BCUT2D eigenvalue weighted by Gasteiger charge is -2.04. The summed E-state index contributed by atoms with van der Waals surface area (Å²) in [5, 5.41) is 11.1. The van der Waals surface area contributed by atoms with Crippen LogP contribution in [-0.2, 0) is 4.79 Å². The molecule has 0 saturated carbocycles. The molecule has 0 aliphatic rings. The quantitative estimate of drug-likeness (QED) is 0.833. The molecule has 0 spiro atoms. The zero-order valence-electron chi connectivity index (χ0n) is 6.91. The van der Waals surface area contributed by atoms with E-state index in [-0.39, 0.29) is 6.54 Å². The molecule has 0 aromatic carbocycles. The van der Waals surface area contributed by atoms with Gasteiger partial charge in [-0.2, -0.15) is 0 Å². The summed E-state index contributed by atoms with van der Waals surface area (Å²) < 4.78 is 0.652. The largest absolute Gasteiger partial charge is 0.480 e. The molecule has 1 aromatic rings. The first-order chi connectivity index (χ1) is 6.09. The summed E-state index contributed by atoms with van der Waals surface area (Å²) in [6, 6.07) is 0. The van der Waals surface area contributed by atoms with E-state index in [0.29, 0.717) is 16.1 Å². The number of nitrogens with zero attached hydrogens (tertiary/aromatic N) is 2. The van der Waals surface area contributed by atoms with E-state index in [1.165, 1.54) is 0 Å². The van der Waals surface area contributed by atoms with Crippen LogP contribution in [-0.4, -0.2) is 27.6 Å². The van der Waals surface area contributed by atoms with Crippen LogP contribution in [0.15, 0.2) is 10.7 Å². The Morgan fingerprint density at radius 1 is 1.77 bits per heavy atom. The predicted molar refractivity (Wildman–Crippen MR) is 50.6 cm³/mol. The minimum absolute atomic E-state index is 0.158. The van der Waals surface area contributed by atoms with Gasteiger partial charge in [-0.05, 0) is 22.9 Å². The van der Waals surface area contributed by atoms with E-state index in [4.69, 9.17) is 5.11 Å². The number of halogens is 1. The molecule has 13 heavy (non-hydrogen) atoms. The maximum Gasteiger partial charge on any atom is 0.322 e. The highest BCUT2D eigenvalue weighted by Crippen LogP contribution is 2.17. The Balaban J connectivity index is 2.75. The van der Waals surface area contributed by atoms with Crippen molar-refractivity contribution in [2.24, 2.45) is 0 Å². The Bertz CT molecular complexity index is 330. The molecule has 0 radical (unpaired) electrons. The lowest BCUT2D eigenvalue weighted by Crippen LogP contribution is -2.14. The summed E-state index contributed by atoms with van der Waals surface area (Å²) in [5.41, 5.74) is 0. The molecule has 0 fully saturated rings. The average Bonchev–Trinajstić information content (AvgIpc) is 2.06. The summed E-state index contributed by atoms with van der Waals surface area (Å²) >= 11 is 3.20. The van der Waals surface area contributed by atoms with Gasteiger partial charge in [0, 0.05) is 6.20 Å². The van der Waals surface area contributed by atoms with Gasteiger partial charge in [0.05, 0.1) is 4.47 Å². The van der Waals surface area contributed by atoms with Crippen LogP contribution in [0.3, 0.4) is 0 Å². The first-order valence-corrected chi connectivity index (χ1v) is 4.33. The smallest absolute Gasteiger partial charge is 0.322 e. The first kappa shape index (κ1) is 9.91. The summed E-state index contributed by atoms with van der Waals surface area (Å²) in [7, 11) is 0. The fourth-order valence-corrected chi connectivity index (χ4v) is 1.07. The second-order valence-corrected chi connectivity index (χ2v) is 3.22. The Morgan fingerprint density at radius 2 is 2.46 bits per heavy atom. The Hall–Kier alpha value is -1.17. The van der Waals surface area contributed by atoms with Crippen molar-refractivity contribution >= 4 is 27.7 Å². The highest BCUT2D eigenvalue weighted by Gasteiger charge is 2.03. The summed E-state index contributed by atoms with van der Waals surface area (Å²) in [6.45, 7) is 1.58. The van der Waals surface area contributed by atoms with Crippen molar-refractivity contribution in [1.82, 2.24) is 9.97 Å². The minimum atomic E-state index is -0.928. The molecule has 1 heterocycles. The maximum absolute atomic E-state index is 10.2. The van der Waals surface area contributed by atoms with Crippen LogP contribution < -0.4 is 5.32 Å². The molecule has 0 unspecified atom stereocenters. The fourth-order valence-electron chi connectivity index (χ4n) is 0.739. The molecule has 0 atom stereocenters. The zero-order chi connectivity index (χ0) is 9.84. The lowest BCUT2D eigenvalue weighted by molar-refractivity contribution is -0.134. The van der Waals surface area contributed by atoms with Gasteiger partial charge in [-0.15, -0.1) is 0 Å². The van der Waals surface area contributed by atoms with Crippen LogP contribution in [0.2, 0.25) is 0 Å². The van der Waals surface area contributed by atoms with Gasteiger partial charge in [-0.25, -0.2) is 9.97 Å². The summed E-state index contributed by atoms with van der Waals surface area (Å²) in [6.07, 6.45) is 1.58. The highest BCUT2D eigenvalue weighted by molar-refractivity contribution is 9.10. The van der Waals surface area contributed by atoms with Crippen LogP contribution in [0.5, 0.6) is 0 Å². The van der Waals surface area contributed by atoms with Gasteiger partial charge in [-0.3, -0.25) is 4.79 Å². The molecule has 0 amide bonds. The zero-order valence-corrected chi connectivity index (χ0v) is 8.50. The predicted octanol–water partition coefficient (Wildman–Crippen LogP) is 1.04. The Labute approximate surface area is 83.3 Å². The van der Waals surface area contributed by atoms with Gasteiger partial charge < -0.3 is 10.4 Å². The molecule has 1 aromatic heterocycles. The van der Waals surface area contributed by atoms with Gasteiger partial charge in [0.15, 0.2) is 0 Å². The number of carbonyl (C=O) groups is 1. The SMILES string of the molecule is Cc1ncc(Br)c(NCC(=O)O)n1. The maximum atomic E-state index is 10.2. The molecule has 0 saturated heterocycles. The van der Waals surface area contributed by atoms with Gasteiger partial charge >= 0.3 is 5.97 Å². The van der Waals surface area contributed by atoms with Gasteiger partial charge in [0.2, 0.25) is 0 Å². The van der Waals surface area contributed by atoms with Crippen molar-refractivity contribution in [3.05, 3.63) is 16.5 Å². The number of rotatable bonds is 3. The lowest BCUT2D eigenvalue weighted by atomic mass is 10.5. The molecule has 6 heteroatoms. The van der Waals surface area contributed by atoms with E-state index in [2.05, 4.69) is 31.2 Å². The van der Waals surface area contributed by atoms with E-state index >= 15 is 0 Å². The normalized spacial score (nSPS) is 9.69. The van der Waals surface area contributed by atoms with Crippen molar-refractivity contribution in [3.63, 3.8) is 0 Å². The Kier molecular flexibility index (Phi) is 3.18. The molecule has 0 bridgehead atoms. The standard InChI is InChI=1S/C7H8BrN3O2/c1-4-9-2-5(8)7(11-4)10-3-6(12)13/h2H,3H2,1H3,(H,12,13)(H,9,10,11). The molecule has 0 aliphatic carbocycles. The minimum Gasteiger partial charge on any atom is -0.480 e. The molecule has 0 aliphatic heterocycles. The number of anilines is 1. The second kappa shape index (κ2) is 4.18. The van der Waals surface area contributed by atoms with Crippen LogP contribution in [0.4, 0.5) is 5.82 Å². The molecule has 5 nitrogen and oxygen atoms in total. The number of hydrogen-bond donors (Lipinski definition) is 2. The van der Waals surface area contributed by atoms with Gasteiger partial charge in [-0.1, -0.05) is 0 Å². The van der Waals surface area contributed by atoms with E-state index in [1.807, 2.05) is 0 Å². The molecule has 2 N–H and O–H groups in total. The van der Waals surface area contributed by atoms with Crippen LogP contribution in [0.25, 0.3) is 0 Å². The number of aromatic nitrogens is 2. The fraction of sp³-hybridized carbons (Fsp3) is 0.286. The van der Waals surface area contributed by atoms with E-state index in [1.54, 1.807) is 13.1 Å². The first-order valence-electron chi connectivity index (χ1n) is 3.54. The van der Waals surface area contributed by atoms with E-state index in [9.17, 15) is 4.79 Å². The van der Waals surface area contributed by atoms with Crippen molar-refractivity contribution < 1.29 is 9.90 Å². The number of carboxylic acids is 1. The van der Waals surface area contributed by atoms with Crippen molar-refractivity contribution in [1.29, 1.82) is 0 Å². The van der Waals surface area contributed by atoms with Crippen molar-refractivity contribution in [2.75, 3.05) is 11.9 Å². The summed E-state index contributed by atoms with van der Waals surface area (Å²) in [5.74, 6) is 0.161. The third kappa shape index (κ3) is 2.98. The Morgan fingerprint density at radius 3 is 3.08 bits per heavy atom. The number of nitrogens with one attached hydrogen (secondary N) is 1. The van der Waals surface area contributed by atoms with Crippen molar-refractivity contribution in [3.8, 4) is 0 Å². The second-order valence-electron chi connectivity index (χ2n) is 2.36. The molecule has 70 valence electrons. The number of aliphatic carboxylic acids is 1. The number of carboxylic acid groups (broad SMARTS) is 1. The monoisotopic (exact) mass is 245 g/mol. The summed E-state index contributed by atoms with van der Waals surface area (Å²) in [4.78, 5) is 18.2. The van der Waals surface area contributed by atoms with Gasteiger partial charge in [0.25, 0.3) is 0 Å². The van der Waals surface area contributed by atoms with Crippen LogP contribution in [0.1, 0.15) is 5.82 Å². The van der Waals surface area contributed by atoms with E-state index < -0.39 is 5.97 Å². The third-order valence-electron chi connectivity index (χ3n) is 1.27. The molecular formula is C7H8BrN3O2. The topological polar surface area (TPSA) is 75.1 Å². The highest BCUT2D eigenvalue weighted by atomic mass is 79.9. The van der Waals surface area contributed by atoms with E-state index in [0.717, 1.165) is 0 Å². The molecule has 1 rings (SSSR count). The average molecular weight is 246 g/mol. The van der Waals surface area contributed by atoms with Gasteiger partial charge in [0.1, 0.15) is 18.2 Å². The third-order valence-corrected chi connectivity index (χ3v) is 1.85. The van der Waals surface area contributed by atoms with Crippen LogP contribution in [0, 0.1) is 6.92 Å². The van der Waals surface area contributed by atoms with Crippen LogP contribution >= 0.6 is 15.9 Å². The molecular weight excluding hydrogens is 238 g/mol. The van der Waals surface area contributed by atoms with Crippen molar-refractivity contribution in [2.45, 2.75) is 6.92 Å².